The van der Waals surface area contributed by atoms with Crippen LogP contribution in [0, 0.1) is 11.3 Å². The molecule has 2 heterocycles. The van der Waals surface area contributed by atoms with Gasteiger partial charge in [0.15, 0.2) is 0 Å². The maximum atomic E-state index is 12.8. The molecule has 5 rings (SSSR count). The topological polar surface area (TPSA) is 90.3 Å². The number of fused-ring (bicyclic) bond motifs is 1. The van der Waals surface area contributed by atoms with Gasteiger partial charge in [0.2, 0.25) is 0 Å². The summed E-state index contributed by atoms with van der Waals surface area (Å²) in [7, 11) is 0. The number of rotatable bonds is 5. The zero-order valence-corrected chi connectivity index (χ0v) is 20.8. The summed E-state index contributed by atoms with van der Waals surface area (Å²) >= 11 is 1.62. The van der Waals surface area contributed by atoms with Gasteiger partial charge in [0.25, 0.3) is 0 Å². The minimum Gasteiger partial charge on any atom is -0.490 e. The summed E-state index contributed by atoms with van der Waals surface area (Å²) in [4.78, 5) is 20.4. The van der Waals surface area contributed by atoms with Crippen LogP contribution in [-0.2, 0) is 6.42 Å². The van der Waals surface area contributed by atoms with E-state index < -0.39 is 0 Å². The van der Waals surface area contributed by atoms with Gasteiger partial charge < -0.3 is 20.3 Å². The number of piperazine rings is 1. The summed E-state index contributed by atoms with van der Waals surface area (Å²) in [6.45, 7) is 7.06. The van der Waals surface area contributed by atoms with Crippen molar-refractivity contribution in [3.8, 4) is 32.8 Å². The van der Waals surface area contributed by atoms with E-state index in [0.29, 0.717) is 11.3 Å². The van der Waals surface area contributed by atoms with Gasteiger partial charge in [0, 0.05) is 37.9 Å². The van der Waals surface area contributed by atoms with Crippen molar-refractivity contribution >= 4 is 17.4 Å². The summed E-state index contributed by atoms with van der Waals surface area (Å²) in [5.74, 6) is 0.595. The molecule has 180 valence electrons. The quantitative estimate of drug-likeness (QED) is 0.543. The van der Waals surface area contributed by atoms with Gasteiger partial charge in [0.1, 0.15) is 16.8 Å². The number of thiazole rings is 1. The highest BCUT2D eigenvalue weighted by molar-refractivity contribution is 7.18. The number of nitrogens with zero attached hydrogens (tertiary/aromatic N) is 3. The molecule has 1 aliphatic carbocycles. The zero-order chi connectivity index (χ0) is 24.4. The van der Waals surface area contributed by atoms with E-state index in [4.69, 9.17) is 4.74 Å². The predicted octanol–water partition coefficient (Wildman–Crippen LogP) is 4.74. The Kier molecular flexibility index (Phi) is 6.71. The first-order valence-electron chi connectivity index (χ1n) is 12.1. The molecule has 35 heavy (non-hydrogen) atoms. The molecule has 0 bridgehead atoms. The minimum atomic E-state index is 0.00469. The zero-order valence-electron chi connectivity index (χ0n) is 20.0. The Balaban J connectivity index is 1.37. The molecule has 3 aromatic rings. The number of nitriles is 1. The van der Waals surface area contributed by atoms with E-state index in [1.54, 1.807) is 11.3 Å². The number of nitrogens with one attached hydrogen (secondary N) is 2. The highest BCUT2D eigenvalue weighted by Crippen LogP contribution is 2.41. The van der Waals surface area contributed by atoms with Crippen LogP contribution in [-0.4, -0.2) is 48.2 Å². The third-order valence-corrected chi connectivity index (χ3v) is 7.53. The molecule has 2 aliphatic rings. The fourth-order valence-electron chi connectivity index (χ4n) is 4.78. The molecular weight excluding hydrogens is 458 g/mol. The van der Waals surface area contributed by atoms with Gasteiger partial charge in [0.05, 0.1) is 22.6 Å². The minimum absolute atomic E-state index is 0.00469. The second-order valence-electron chi connectivity index (χ2n) is 9.17. The Hall–Kier alpha value is -3.41. The monoisotopic (exact) mass is 487 g/mol. The van der Waals surface area contributed by atoms with E-state index in [-0.39, 0.29) is 18.2 Å². The van der Waals surface area contributed by atoms with Crippen molar-refractivity contribution < 1.29 is 9.53 Å². The molecule has 0 saturated carbocycles. The fourth-order valence-corrected chi connectivity index (χ4v) is 5.75. The molecule has 1 saturated heterocycles. The third kappa shape index (κ3) is 4.88. The molecule has 0 unspecified atom stereocenters. The van der Waals surface area contributed by atoms with Crippen LogP contribution in [0.3, 0.4) is 0 Å². The van der Waals surface area contributed by atoms with E-state index in [1.165, 1.54) is 16.7 Å². The summed E-state index contributed by atoms with van der Waals surface area (Å²) in [5, 5.41) is 17.0. The molecule has 0 radical (unpaired) electrons. The average molecular weight is 488 g/mol. The molecule has 1 aliphatic heterocycles. The molecule has 2 N–H and O–H groups in total. The van der Waals surface area contributed by atoms with Crippen LogP contribution < -0.4 is 15.4 Å². The number of ether oxygens (including phenoxy) is 1. The molecule has 2 aromatic carbocycles. The maximum Gasteiger partial charge on any atom is 0.317 e. The molecule has 7 nitrogen and oxygen atoms in total. The predicted molar refractivity (Wildman–Crippen MR) is 138 cm³/mol. The highest BCUT2D eigenvalue weighted by Gasteiger charge is 2.28. The third-order valence-electron chi connectivity index (χ3n) is 6.45. The molecule has 1 aromatic heterocycles. The van der Waals surface area contributed by atoms with Gasteiger partial charge in [-0.3, -0.25) is 0 Å². The lowest BCUT2D eigenvalue weighted by molar-refractivity contribution is 0.186. The smallest absolute Gasteiger partial charge is 0.317 e. The van der Waals surface area contributed by atoms with Crippen LogP contribution >= 0.6 is 11.3 Å². The van der Waals surface area contributed by atoms with Crippen molar-refractivity contribution in [3.63, 3.8) is 0 Å². The average Bonchev–Trinajstić information content (AvgIpc) is 3.52. The van der Waals surface area contributed by atoms with E-state index in [9.17, 15) is 10.1 Å². The van der Waals surface area contributed by atoms with Gasteiger partial charge in [-0.25, -0.2) is 9.78 Å². The first kappa shape index (κ1) is 23.3. The van der Waals surface area contributed by atoms with E-state index in [1.807, 2.05) is 43.1 Å². The maximum absolute atomic E-state index is 12.8. The Morgan fingerprint density at radius 1 is 1.29 bits per heavy atom. The Morgan fingerprint density at radius 3 is 2.89 bits per heavy atom. The fraction of sp³-hybridized carbons (Fsp3) is 0.370. The number of benzene rings is 2. The molecule has 2 amide bonds. The van der Waals surface area contributed by atoms with E-state index >= 15 is 0 Å². The molecular formula is C27H29N5O2S. The van der Waals surface area contributed by atoms with Crippen LogP contribution in [0.2, 0.25) is 0 Å². The van der Waals surface area contributed by atoms with Crippen LogP contribution in [0.4, 0.5) is 4.79 Å². The van der Waals surface area contributed by atoms with Crippen molar-refractivity contribution in [1.82, 2.24) is 20.5 Å². The lowest BCUT2D eigenvalue weighted by atomic mass is 10.0. The second-order valence-corrected chi connectivity index (χ2v) is 10.2. The molecule has 1 atom stereocenters. The SMILES string of the molecule is CC(C)Oc1ccc(-c2ncc(-c3cccc4c3CC[C@@H]4NC(=O)N3CCNCC3)s2)cc1C#N. The van der Waals surface area contributed by atoms with Crippen LogP contribution in [0.5, 0.6) is 5.75 Å². The van der Waals surface area contributed by atoms with Gasteiger partial charge in [-0.2, -0.15) is 5.26 Å². The molecule has 1 fully saturated rings. The van der Waals surface area contributed by atoms with E-state index in [0.717, 1.165) is 54.5 Å². The lowest BCUT2D eigenvalue weighted by Crippen LogP contribution is -2.50. The summed E-state index contributed by atoms with van der Waals surface area (Å²) in [5.41, 5.74) is 5.07. The van der Waals surface area contributed by atoms with Crippen LogP contribution in [0.25, 0.3) is 21.0 Å². The van der Waals surface area contributed by atoms with Crippen LogP contribution in [0.15, 0.2) is 42.6 Å². The van der Waals surface area contributed by atoms with Crippen molar-refractivity contribution in [2.24, 2.45) is 0 Å². The summed E-state index contributed by atoms with van der Waals surface area (Å²) in [6.07, 6.45) is 3.74. The molecule has 0 spiro atoms. The van der Waals surface area contributed by atoms with Crippen LogP contribution in [0.1, 0.15) is 43.0 Å². The van der Waals surface area contributed by atoms with Crippen molar-refractivity contribution in [1.29, 1.82) is 5.26 Å². The summed E-state index contributed by atoms with van der Waals surface area (Å²) < 4.78 is 5.75. The number of aromatic nitrogens is 1. The standard InChI is InChI=1S/C27H29N5O2S/c1-17(2)34-24-9-6-18(14-19(24)15-28)26-30-16-25(35-26)22-5-3-4-21-20(22)7-8-23(21)31-27(33)32-12-10-29-11-13-32/h3-6,9,14,16-17,23,29H,7-8,10-13H2,1-2H3,(H,31,33)/t23-/m0/s1. The number of carbonyl (C=O) groups is 1. The van der Waals surface area contributed by atoms with Gasteiger partial charge >= 0.3 is 6.03 Å². The highest BCUT2D eigenvalue weighted by atomic mass is 32.1. The Bertz CT molecular complexity index is 1270. The number of urea groups is 1. The number of amides is 2. The van der Waals surface area contributed by atoms with Gasteiger partial charge in [-0.1, -0.05) is 18.2 Å². The first-order valence-corrected chi connectivity index (χ1v) is 12.9. The number of hydrogen-bond donors (Lipinski definition) is 2. The first-order chi connectivity index (χ1) is 17.0. The van der Waals surface area contributed by atoms with Crippen molar-refractivity contribution in [2.45, 2.75) is 38.8 Å². The second kappa shape index (κ2) is 10.1. The van der Waals surface area contributed by atoms with E-state index in [2.05, 4.69) is 39.9 Å². The molecule has 8 heteroatoms. The summed E-state index contributed by atoms with van der Waals surface area (Å²) in [6, 6.07) is 14.3. The normalized spacial score (nSPS) is 17.2. The largest absolute Gasteiger partial charge is 0.490 e. The lowest BCUT2D eigenvalue weighted by Gasteiger charge is -2.29. The van der Waals surface area contributed by atoms with Gasteiger partial charge in [-0.05, 0) is 61.6 Å². The van der Waals surface area contributed by atoms with Crippen molar-refractivity contribution in [3.05, 3.63) is 59.3 Å². The Morgan fingerprint density at radius 2 is 2.11 bits per heavy atom. The van der Waals surface area contributed by atoms with Gasteiger partial charge in [-0.15, -0.1) is 11.3 Å². The number of carbonyl (C=O) groups excluding carboxylic acids is 1. The van der Waals surface area contributed by atoms with Crippen molar-refractivity contribution in [2.75, 3.05) is 26.2 Å². The number of hydrogen-bond acceptors (Lipinski definition) is 6. The Labute approximate surface area is 209 Å².